The van der Waals surface area contributed by atoms with Gasteiger partial charge in [-0.25, -0.2) is 0 Å². The summed E-state index contributed by atoms with van der Waals surface area (Å²) in [5.74, 6) is 0.190. The maximum atomic E-state index is 9.82. The van der Waals surface area contributed by atoms with Gasteiger partial charge in [0.1, 0.15) is 5.71 Å². The molecule has 4 nitrogen and oxygen atoms in total. The molecule has 0 aromatic heterocycles. The van der Waals surface area contributed by atoms with Gasteiger partial charge in [-0.3, -0.25) is 0 Å². The highest BCUT2D eigenvalue weighted by molar-refractivity contribution is 6.01. The van der Waals surface area contributed by atoms with E-state index < -0.39 is 0 Å². The van der Waals surface area contributed by atoms with Crippen molar-refractivity contribution in [3.63, 3.8) is 0 Å². The Morgan fingerprint density at radius 3 is 3.00 bits per heavy atom. The number of hydrazone groups is 1. The highest BCUT2D eigenvalue weighted by atomic mass is 16.3. The highest BCUT2D eigenvalue weighted by Gasteiger charge is 2.30. The topological polar surface area (TPSA) is 48.0 Å². The van der Waals surface area contributed by atoms with Crippen molar-refractivity contribution in [2.24, 2.45) is 10.2 Å². The van der Waals surface area contributed by atoms with Crippen LogP contribution >= 0.6 is 0 Å². The molecule has 0 saturated carbocycles. The molecule has 1 atom stereocenters. The Bertz CT molecular complexity index is 597. The van der Waals surface area contributed by atoms with E-state index in [1.54, 1.807) is 6.07 Å². The van der Waals surface area contributed by atoms with Gasteiger partial charge < -0.3 is 5.11 Å². The minimum absolute atomic E-state index is 0.0279. The smallest absolute Gasteiger partial charge is 0.309 e. The van der Waals surface area contributed by atoms with Crippen LogP contribution in [0.25, 0.3) is 0 Å². The number of rotatable bonds is 1. The third kappa shape index (κ3) is 1.67. The molecule has 17 heavy (non-hydrogen) atoms. The van der Waals surface area contributed by atoms with E-state index in [0.29, 0.717) is 5.69 Å². The first-order chi connectivity index (χ1) is 8.24. The molecule has 0 bridgehead atoms. The Kier molecular flexibility index (Phi) is 2.14. The second-order valence-corrected chi connectivity index (χ2v) is 4.11. The molecule has 4 heteroatoms. The SMILES string of the molecule is Cc1ccc(O)c([N+]2=NC3C=CC=CC3=N2)c1. The summed E-state index contributed by atoms with van der Waals surface area (Å²) in [4.78, 5) is 1.50. The number of hydrogen-bond donors (Lipinski definition) is 1. The standard InChI is InChI=1S/C13H11N3O/c1-9-6-7-13(17)12(8-9)16-14-10-4-2-3-5-11(10)15-16/h2-8,10H,1H3/p+1. The second kappa shape index (κ2) is 3.66. The lowest BCUT2D eigenvalue weighted by molar-refractivity contribution is -0.513. The molecule has 2 aliphatic rings. The summed E-state index contributed by atoms with van der Waals surface area (Å²) in [5, 5.41) is 18.6. The predicted octanol–water partition coefficient (Wildman–Crippen LogP) is 2.66. The van der Waals surface area contributed by atoms with E-state index >= 15 is 0 Å². The summed E-state index contributed by atoms with van der Waals surface area (Å²) in [6.07, 6.45) is 7.80. The lowest BCUT2D eigenvalue weighted by atomic mass is 10.1. The average Bonchev–Trinajstić information content (AvgIpc) is 2.75. The van der Waals surface area contributed by atoms with Gasteiger partial charge in [0.25, 0.3) is 0 Å². The fourth-order valence-electron chi connectivity index (χ4n) is 1.87. The molecule has 1 heterocycles. The zero-order valence-corrected chi connectivity index (χ0v) is 9.41. The summed E-state index contributed by atoms with van der Waals surface area (Å²) < 4.78 is 0. The Hall–Kier alpha value is -2.23. The third-order valence-corrected chi connectivity index (χ3v) is 2.76. The van der Waals surface area contributed by atoms with Crippen LogP contribution < -0.4 is 0 Å². The number of aromatic hydroxyl groups is 1. The molecule has 0 spiro atoms. The van der Waals surface area contributed by atoms with Gasteiger partial charge in [-0.05, 0) is 30.7 Å². The predicted molar refractivity (Wildman–Crippen MR) is 64.7 cm³/mol. The van der Waals surface area contributed by atoms with Crippen LogP contribution in [0, 0.1) is 6.92 Å². The molecular weight excluding hydrogens is 214 g/mol. The normalized spacial score (nSPS) is 21.1. The molecule has 84 valence electrons. The van der Waals surface area contributed by atoms with Gasteiger partial charge in [-0.2, -0.15) is 0 Å². The van der Waals surface area contributed by atoms with E-state index in [1.807, 2.05) is 43.4 Å². The molecule has 0 fully saturated rings. The maximum absolute atomic E-state index is 9.82. The van der Waals surface area contributed by atoms with Crippen LogP contribution in [-0.4, -0.2) is 21.7 Å². The summed E-state index contributed by atoms with van der Waals surface area (Å²) in [6, 6.07) is 5.36. The van der Waals surface area contributed by atoms with Crippen LogP contribution in [0.5, 0.6) is 5.75 Å². The van der Waals surface area contributed by atoms with Gasteiger partial charge in [-0.1, -0.05) is 18.2 Å². The molecule has 1 aromatic rings. The van der Waals surface area contributed by atoms with E-state index in [1.165, 1.54) is 4.81 Å². The van der Waals surface area contributed by atoms with Gasteiger partial charge in [0.05, 0.1) is 4.81 Å². The number of azo groups is 1. The number of fused-ring (bicyclic) bond motifs is 1. The van der Waals surface area contributed by atoms with Crippen molar-refractivity contribution in [1.82, 2.24) is 0 Å². The molecule has 0 saturated heterocycles. The summed E-state index contributed by atoms with van der Waals surface area (Å²) in [6.45, 7) is 1.97. The molecule has 1 unspecified atom stereocenters. The zero-order valence-electron chi connectivity index (χ0n) is 9.41. The van der Waals surface area contributed by atoms with Crippen molar-refractivity contribution in [1.29, 1.82) is 0 Å². The van der Waals surface area contributed by atoms with E-state index in [9.17, 15) is 5.11 Å². The van der Waals surface area contributed by atoms with Crippen molar-refractivity contribution < 1.29 is 9.91 Å². The average molecular weight is 226 g/mol. The Balaban J connectivity index is 2.07. The lowest BCUT2D eigenvalue weighted by Crippen LogP contribution is -2.11. The first-order valence-corrected chi connectivity index (χ1v) is 5.48. The van der Waals surface area contributed by atoms with Crippen LogP contribution in [0.15, 0.2) is 52.7 Å². The Morgan fingerprint density at radius 1 is 1.29 bits per heavy atom. The first-order valence-electron chi connectivity index (χ1n) is 5.48. The summed E-state index contributed by atoms with van der Waals surface area (Å²) in [5.41, 5.74) is 2.58. The fourth-order valence-corrected chi connectivity index (χ4v) is 1.87. The number of phenols is 1. The van der Waals surface area contributed by atoms with Crippen LogP contribution in [-0.2, 0) is 0 Å². The molecular formula is C13H12N3O+. The first kappa shape index (κ1) is 9.96. The van der Waals surface area contributed by atoms with Crippen molar-refractivity contribution in [2.45, 2.75) is 13.0 Å². The number of benzene rings is 1. The number of hydrogen-bond acceptors (Lipinski definition) is 3. The van der Waals surface area contributed by atoms with Crippen LogP contribution in [0.3, 0.4) is 0 Å². The molecule has 1 aliphatic heterocycles. The minimum Gasteiger partial charge on any atom is -0.502 e. The summed E-state index contributed by atoms with van der Waals surface area (Å²) in [7, 11) is 0. The van der Waals surface area contributed by atoms with Gasteiger partial charge in [0, 0.05) is 16.3 Å². The van der Waals surface area contributed by atoms with E-state index in [-0.39, 0.29) is 11.8 Å². The van der Waals surface area contributed by atoms with E-state index in [0.717, 1.165) is 11.3 Å². The van der Waals surface area contributed by atoms with Gasteiger partial charge >= 0.3 is 5.69 Å². The molecule has 1 N–H and O–H groups in total. The monoisotopic (exact) mass is 226 g/mol. The molecule has 0 radical (unpaired) electrons. The van der Waals surface area contributed by atoms with Crippen LogP contribution in [0.2, 0.25) is 0 Å². The fraction of sp³-hybridized carbons (Fsp3) is 0.154. The molecule has 3 rings (SSSR count). The van der Waals surface area contributed by atoms with Crippen LogP contribution in [0.1, 0.15) is 5.56 Å². The molecule has 0 amide bonds. The number of allylic oxidation sites excluding steroid dienone is 2. The van der Waals surface area contributed by atoms with Crippen molar-refractivity contribution in [3.8, 4) is 5.75 Å². The Morgan fingerprint density at radius 2 is 2.18 bits per heavy atom. The minimum atomic E-state index is -0.0279. The molecule has 1 aliphatic carbocycles. The number of aryl methyl sites for hydroxylation is 1. The van der Waals surface area contributed by atoms with E-state index in [4.69, 9.17) is 0 Å². The zero-order chi connectivity index (χ0) is 11.8. The van der Waals surface area contributed by atoms with Crippen molar-refractivity contribution >= 4 is 11.4 Å². The molecule has 1 aromatic carbocycles. The number of phenolic OH excluding ortho intramolecular Hbond substituents is 1. The van der Waals surface area contributed by atoms with E-state index in [2.05, 4.69) is 10.2 Å². The van der Waals surface area contributed by atoms with Crippen molar-refractivity contribution in [3.05, 3.63) is 48.1 Å². The second-order valence-electron chi connectivity index (χ2n) is 4.11. The van der Waals surface area contributed by atoms with Gasteiger partial charge in [-0.15, -0.1) is 0 Å². The number of nitrogens with zero attached hydrogens (tertiary/aromatic N) is 3. The Labute approximate surface area is 98.9 Å². The van der Waals surface area contributed by atoms with Gasteiger partial charge in [0.15, 0.2) is 11.8 Å². The third-order valence-electron chi connectivity index (χ3n) is 2.76. The van der Waals surface area contributed by atoms with Crippen molar-refractivity contribution in [2.75, 3.05) is 0 Å². The van der Waals surface area contributed by atoms with Crippen LogP contribution in [0.4, 0.5) is 5.69 Å². The highest BCUT2D eigenvalue weighted by Crippen LogP contribution is 2.30. The maximum Gasteiger partial charge on any atom is 0.309 e. The quantitative estimate of drug-likeness (QED) is 0.735. The van der Waals surface area contributed by atoms with Gasteiger partial charge in [0.2, 0.25) is 0 Å². The largest absolute Gasteiger partial charge is 0.502 e. The summed E-state index contributed by atoms with van der Waals surface area (Å²) >= 11 is 0. The lowest BCUT2D eigenvalue weighted by Gasteiger charge is -1.96.